The van der Waals surface area contributed by atoms with Crippen LogP contribution in [-0.2, 0) is 0 Å². The Labute approximate surface area is 98.0 Å². The molecule has 0 aliphatic heterocycles. The van der Waals surface area contributed by atoms with Crippen molar-refractivity contribution in [3.05, 3.63) is 27.7 Å². The van der Waals surface area contributed by atoms with Crippen molar-refractivity contribution in [3.8, 4) is 11.8 Å². The molecule has 0 fully saturated rings. The number of halogens is 2. The number of hydrogen-bond donors (Lipinski definition) is 1. The van der Waals surface area contributed by atoms with Gasteiger partial charge in [0.05, 0.1) is 5.02 Å². The maximum Gasteiger partial charge on any atom is 0.0549 e. The fraction of sp³-hybridized carbons (Fsp3) is 0.273. The van der Waals surface area contributed by atoms with Gasteiger partial charge in [-0.3, -0.25) is 0 Å². The van der Waals surface area contributed by atoms with Crippen LogP contribution in [0.25, 0.3) is 0 Å². The number of nitrogens with one attached hydrogen (secondary N) is 1. The molecule has 1 rings (SSSR count). The summed E-state index contributed by atoms with van der Waals surface area (Å²) in [4.78, 5) is 0. The highest BCUT2D eigenvalue weighted by molar-refractivity contribution is 9.10. The molecule has 0 saturated carbocycles. The molecule has 0 amide bonds. The Hall–Kier alpha value is -0.650. The lowest BCUT2D eigenvalue weighted by Gasteiger charge is -2.05. The van der Waals surface area contributed by atoms with Crippen LogP contribution in [0.3, 0.4) is 0 Å². The lowest BCUT2D eigenvalue weighted by molar-refractivity contribution is 1.10. The topological polar surface area (TPSA) is 12.0 Å². The quantitative estimate of drug-likeness (QED) is 0.649. The molecule has 0 atom stereocenters. The Morgan fingerprint density at radius 3 is 2.93 bits per heavy atom. The van der Waals surface area contributed by atoms with Gasteiger partial charge in [-0.15, -0.1) is 11.8 Å². The van der Waals surface area contributed by atoms with Gasteiger partial charge in [0.25, 0.3) is 0 Å². The van der Waals surface area contributed by atoms with Crippen LogP contribution in [0, 0.1) is 11.8 Å². The third kappa shape index (κ3) is 3.61. The highest BCUT2D eigenvalue weighted by atomic mass is 79.9. The van der Waals surface area contributed by atoms with E-state index in [2.05, 4.69) is 33.1 Å². The van der Waals surface area contributed by atoms with Gasteiger partial charge in [0.1, 0.15) is 0 Å². The van der Waals surface area contributed by atoms with Gasteiger partial charge in [-0.1, -0.05) is 11.6 Å². The molecular formula is C11H11BrClN. The van der Waals surface area contributed by atoms with E-state index in [1.807, 2.05) is 25.1 Å². The van der Waals surface area contributed by atoms with Gasteiger partial charge in [0, 0.05) is 23.1 Å². The summed E-state index contributed by atoms with van der Waals surface area (Å²) in [7, 11) is 0. The van der Waals surface area contributed by atoms with Crippen LogP contribution in [0.4, 0.5) is 5.69 Å². The summed E-state index contributed by atoms with van der Waals surface area (Å²) < 4.78 is 0.908. The number of benzene rings is 1. The molecule has 0 spiro atoms. The Morgan fingerprint density at radius 2 is 2.29 bits per heavy atom. The van der Waals surface area contributed by atoms with Crippen molar-refractivity contribution in [2.45, 2.75) is 13.3 Å². The average molecular weight is 273 g/mol. The molecule has 0 aromatic heterocycles. The summed E-state index contributed by atoms with van der Waals surface area (Å²) in [5.41, 5.74) is 1.05. The molecule has 74 valence electrons. The van der Waals surface area contributed by atoms with Crippen molar-refractivity contribution >= 4 is 33.2 Å². The molecule has 1 aromatic carbocycles. The van der Waals surface area contributed by atoms with E-state index in [0.717, 1.165) is 28.1 Å². The zero-order chi connectivity index (χ0) is 10.4. The molecule has 0 radical (unpaired) electrons. The summed E-state index contributed by atoms with van der Waals surface area (Å²) in [5.74, 6) is 5.85. The summed E-state index contributed by atoms with van der Waals surface area (Å²) in [6.45, 7) is 2.70. The van der Waals surface area contributed by atoms with Crippen molar-refractivity contribution in [1.82, 2.24) is 0 Å². The van der Waals surface area contributed by atoms with Crippen molar-refractivity contribution in [2.24, 2.45) is 0 Å². The molecule has 0 unspecified atom stereocenters. The second-order valence-corrected chi connectivity index (χ2v) is 3.99. The van der Waals surface area contributed by atoms with Crippen LogP contribution in [0.5, 0.6) is 0 Å². The van der Waals surface area contributed by atoms with Crippen LogP contribution in [0.1, 0.15) is 13.3 Å². The SMILES string of the molecule is CC#CCCNc1ccc(Cl)c(Br)c1. The van der Waals surface area contributed by atoms with Gasteiger partial charge >= 0.3 is 0 Å². The average Bonchev–Trinajstić information content (AvgIpc) is 2.18. The summed E-state index contributed by atoms with van der Waals surface area (Å²) in [5, 5.41) is 3.98. The van der Waals surface area contributed by atoms with Crippen molar-refractivity contribution in [1.29, 1.82) is 0 Å². The van der Waals surface area contributed by atoms with Gasteiger partial charge in [-0.2, -0.15) is 0 Å². The molecule has 0 bridgehead atoms. The minimum absolute atomic E-state index is 0.726. The third-order valence-corrected chi connectivity index (χ3v) is 2.89. The highest BCUT2D eigenvalue weighted by Crippen LogP contribution is 2.25. The monoisotopic (exact) mass is 271 g/mol. The second-order valence-electron chi connectivity index (χ2n) is 2.73. The van der Waals surface area contributed by atoms with Gasteiger partial charge in [0.15, 0.2) is 0 Å². The molecule has 0 aliphatic rings. The van der Waals surface area contributed by atoms with E-state index in [1.165, 1.54) is 0 Å². The Balaban J connectivity index is 2.50. The zero-order valence-corrected chi connectivity index (χ0v) is 10.2. The van der Waals surface area contributed by atoms with E-state index >= 15 is 0 Å². The number of rotatable bonds is 3. The minimum Gasteiger partial charge on any atom is -0.384 e. The number of anilines is 1. The lowest BCUT2D eigenvalue weighted by atomic mass is 10.3. The first-order valence-electron chi connectivity index (χ1n) is 4.32. The van der Waals surface area contributed by atoms with Crippen LogP contribution < -0.4 is 5.32 Å². The normalized spacial score (nSPS) is 9.07. The van der Waals surface area contributed by atoms with Crippen LogP contribution in [0.15, 0.2) is 22.7 Å². The summed E-state index contributed by atoms with van der Waals surface area (Å²) in [6.07, 6.45) is 0.858. The molecule has 1 nitrogen and oxygen atoms in total. The molecule has 1 N–H and O–H groups in total. The first-order chi connectivity index (χ1) is 6.74. The van der Waals surface area contributed by atoms with Crippen LogP contribution >= 0.6 is 27.5 Å². The Morgan fingerprint density at radius 1 is 1.50 bits per heavy atom. The van der Waals surface area contributed by atoms with Crippen LogP contribution in [0.2, 0.25) is 5.02 Å². The first-order valence-corrected chi connectivity index (χ1v) is 5.49. The Kier molecular flexibility index (Phi) is 4.86. The third-order valence-electron chi connectivity index (χ3n) is 1.68. The first kappa shape index (κ1) is 11.4. The molecule has 0 saturated heterocycles. The predicted octanol–water partition coefficient (Wildman–Crippen LogP) is 3.93. The van der Waals surface area contributed by atoms with E-state index in [1.54, 1.807) is 0 Å². The molecule has 3 heteroatoms. The summed E-state index contributed by atoms with van der Waals surface area (Å²) >= 11 is 9.24. The van der Waals surface area contributed by atoms with E-state index in [9.17, 15) is 0 Å². The predicted molar refractivity (Wildman–Crippen MR) is 65.7 cm³/mol. The number of hydrogen-bond acceptors (Lipinski definition) is 1. The maximum absolute atomic E-state index is 5.87. The van der Waals surface area contributed by atoms with E-state index < -0.39 is 0 Å². The van der Waals surface area contributed by atoms with E-state index in [0.29, 0.717) is 0 Å². The smallest absolute Gasteiger partial charge is 0.0549 e. The van der Waals surface area contributed by atoms with E-state index in [4.69, 9.17) is 11.6 Å². The van der Waals surface area contributed by atoms with Gasteiger partial charge in [-0.25, -0.2) is 0 Å². The molecule has 0 heterocycles. The fourth-order valence-electron chi connectivity index (χ4n) is 1.00. The van der Waals surface area contributed by atoms with Gasteiger partial charge in [-0.05, 0) is 41.1 Å². The van der Waals surface area contributed by atoms with Crippen molar-refractivity contribution in [3.63, 3.8) is 0 Å². The largest absolute Gasteiger partial charge is 0.384 e. The minimum atomic E-state index is 0.726. The van der Waals surface area contributed by atoms with Gasteiger partial charge in [0.2, 0.25) is 0 Å². The van der Waals surface area contributed by atoms with E-state index in [-0.39, 0.29) is 0 Å². The van der Waals surface area contributed by atoms with Crippen LogP contribution in [-0.4, -0.2) is 6.54 Å². The zero-order valence-electron chi connectivity index (χ0n) is 7.90. The second kappa shape index (κ2) is 5.95. The summed E-state index contributed by atoms with van der Waals surface area (Å²) in [6, 6.07) is 5.77. The highest BCUT2D eigenvalue weighted by Gasteiger charge is 1.97. The van der Waals surface area contributed by atoms with Gasteiger partial charge < -0.3 is 5.32 Å². The van der Waals surface area contributed by atoms with Crippen molar-refractivity contribution < 1.29 is 0 Å². The lowest BCUT2D eigenvalue weighted by Crippen LogP contribution is -1.99. The molecular weight excluding hydrogens is 261 g/mol. The maximum atomic E-state index is 5.87. The molecule has 0 aliphatic carbocycles. The standard InChI is InChI=1S/C11H11BrClN/c1-2-3-4-7-14-9-5-6-11(13)10(12)8-9/h5-6,8,14H,4,7H2,1H3. The molecule has 14 heavy (non-hydrogen) atoms. The Bertz CT molecular complexity index is 365. The van der Waals surface area contributed by atoms with Crippen molar-refractivity contribution in [2.75, 3.05) is 11.9 Å². The fourth-order valence-corrected chi connectivity index (χ4v) is 1.50. The molecule has 1 aromatic rings.